The molecule has 2 aromatic rings. The molecule has 27 N–H and O–H groups in total. The lowest BCUT2D eigenvalue weighted by Gasteiger charge is -2.30. The summed E-state index contributed by atoms with van der Waals surface area (Å²) in [5.74, 6) is -18.3. The monoisotopic (exact) mass is 1660 g/mol. The number of aromatic nitrogens is 2. The van der Waals surface area contributed by atoms with Crippen molar-refractivity contribution >= 4 is 124 Å². The van der Waals surface area contributed by atoms with Gasteiger partial charge in [-0.2, -0.15) is 23.5 Å². The summed E-state index contributed by atoms with van der Waals surface area (Å²) in [4.78, 5) is 228. The Kier molecular flexibility index (Phi) is 45.0. The minimum Gasteiger partial charge on any atom is -0.508 e. The fourth-order valence-corrected chi connectivity index (χ4v) is 11.9. The third kappa shape index (κ3) is 37.2. The fraction of sp³-hybridized carbons (Fsp3) is 0.634. The number of guanidine groups is 1. The van der Waals surface area contributed by atoms with Crippen molar-refractivity contribution in [1.29, 1.82) is 0 Å². The zero-order valence-electron chi connectivity index (χ0n) is 66.5. The fourth-order valence-electron chi connectivity index (χ4n) is 11.0. The number of rotatable bonds is 53. The number of aliphatic hydroxyl groups excluding tert-OH is 3. The Labute approximate surface area is 674 Å². The Morgan fingerprint density at radius 2 is 0.887 bits per heavy atom. The lowest BCUT2D eigenvalue weighted by atomic mass is 9.99. The van der Waals surface area contributed by atoms with E-state index in [1.54, 1.807) is 26.4 Å². The number of nitrogens with zero attached hydrogens (tertiary/aromatic N) is 2. The van der Waals surface area contributed by atoms with Gasteiger partial charge in [-0.1, -0.05) is 53.7 Å². The number of H-pyrrole nitrogens is 1. The van der Waals surface area contributed by atoms with Gasteiger partial charge in [0.15, 0.2) is 5.96 Å². The normalized spacial score (nSPS) is 15.4. The highest BCUT2D eigenvalue weighted by Gasteiger charge is 2.40. The number of carboxylic acids is 2. The summed E-state index contributed by atoms with van der Waals surface area (Å²) in [7, 11) is 0. The number of phenolic OH excluding ortho intramolecular Hbond substituents is 1. The highest BCUT2D eigenvalue weighted by atomic mass is 32.2. The van der Waals surface area contributed by atoms with Crippen molar-refractivity contribution in [2.75, 3.05) is 43.7 Å². The van der Waals surface area contributed by atoms with Gasteiger partial charge in [0.1, 0.15) is 84.3 Å². The zero-order chi connectivity index (χ0) is 87.1. The van der Waals surface area contributed by atoms with Crippen molar-refractivity contribution in [2.24, 2.45) is 39.9 Å². The standard InChI is InChI=1S/C71H116N20O22S2/c1-33(2)26-47(84-62(104)45(21-24-114-11)81-58(100)36(7)79-60(102)43(80-50(96)29-72)14-13-23-76-71(73)74)59(101)77-31-51(97)87-55(37(8)92)67(109)85-48(28-41-30-75-32-78-41)64(106)90-56(38(9)93)68(110)83-46(22-25-115-12)61(103)82-44(19-20-52(98)99)63(105)88-54(35(5)6)66(108)91-57(39(10)94)69(111)89-53(34(3)4)65(107)86-49(70(112)113)27-40-15-17-42(95)18-16-40/h15-18,30,32-39,43-49,53-57,92-95H,13-14,19-29,31,72H2,1-12H3,(H,75,78)(H,77,101)(H,79,102)(H,80,96)(H,81,100)(H,82,103)(H,83,110)(H,84,104)(H,85,109)(H,86,107)(H,87,97)(H,88,105)(H,89,111)(H,90,106)(H,91,108)(H,98,99)(H,112,113)(H4,73,74,76)/t36-,37+,38+,39+,43-,44-,45-,46-,47-,48-,49-,53-,54-,55-,56-,57-/m0/s1. The predicted octanol–water partition coefficient (Wildman–Crippen LogP) is -6.69. The smallest absolute Gasteiger partial charge is 0.326 e. The van der Waals surface area contributed by atoms with E-state index in [1.807, 2.05) is 0 Å². The second-order valence-electron chi connectivity index (χ2n) is 28.4. The maximum Gasteiger partial charge on any atom is 0.326 e. The Balaban J connectivity index is 2.35. The molecule has 1 aromatic heterocycles. The van der Waals surface area contributed by atoms with E-state index >= 15 is 0 Å². The van der Waals surface area contributed by atoms with E-state index in [1.165, 1.54) is 94.9 Å². The lowest BCUT2D eigenvalue weighted by molar-refractivity contribution is -0.142. The number of aliphatic imine (C=N–C) groups is 1. The third-order valence-corrected chi connectivity index (χ3v) is 18.7. The number of nitrogens with one attached hydrogen (secondary N) is 15. The van der Waals surface area contributed by atoms with Crippen LogP contribution in [0.15, 0.2) is 41.8 Å². The first-order chi connectivity index (χ1) is 53.9. The number of nitrogens with two attached hydrogens (primary N) is 3. The number of hydrogen-bond acceptors (Lipinski definition) is 25. The van der Waals surface area contributed by atoms with Gasteiger partial charge < -0.3 is 127 Å². The summed E-state index contributed by atoms with van der Waals surface area (Å²) in [6, 6.07) is -14.7. The van der Waals surface area contributed by atoms with Gasteiger partial charge in [0.2, 0.25) is 82.7 Å². The molecule has 42 nitrogen and oxygen atoms in total. The van der Waals surface area contributed by atoms with Crippen molar-refractivity contribution in [1.82, 2.24) is 84.4 Å². The first kappa shape index (κ1) is 101. The number of hydrogen-bond donors (Lipinski definition) is 24. The lowest BCUT2D eigenvalue weighted by Crippen LogP contribution is -2.63. The Hall–Kier alpha value is -10.4. The molecule has 44 heteroatoms. The number of aliphatic hydroxyl groups is 3. The largest absolute Gasteiger partial charge is 0.508 e. The molecule has 644 valence electrons. The van der Waals surface area contributed by atoms with Crippen LogP contribution in [0.2, 0.25) is 0 Å². The molecule has 0 aliphatic heterocycles. The van der Waals surface area contributed by atoms with E-state index in [4.69, 9.17) is 17.2 Å². The Morgan fingerprint density at radius 1 is 0.470 bits per heavy atom. The van der Waals surface area contributed by atoms with Crippen molar-refractivity contribution in [3.05, 3.63) is 48.0 Å². The van der Waals surface area contributed by atoms with E-state index < -0.39 is 236 Å². The number of carbonyl (C=O) groups is 16. The van der Waals surface area contributed by atoms with E-state index in [-0.39, 0.29) is 74.1 Å². The number of phenols is 1. The van der Waals surface area contributed by atoms with Crippen molar-refractivity contribution in [2.45, 2.75) is 224 Å². The van der Waals surface area contributed by atoms with E-state index in [2.05, 4.69) is 89.4 Å². The maximum atomic E-state index is 14.4. The Bertz CT molecular complexity index is 3610. The van der Waals surface area contributed by atoms with Gasteiger partial charge in [-0.15, -0.1) is 0 Å². The second-order valence-corrected chi connectivity index (χ2v) is 30.4. The number of thioether (sulfide) groups is 2. The summed E-state index contributed by atoms with van der Waals surface area (Å²) in [6.45, 7) is 13.0. The summed E-state index contributed by atoms with van der Waals surface area (Å²) >= 11 is 2.54. The van der Waals surface area contributed by atoms with Crippen LogP contribution in [0.1, 0.15) is 125 Å². The molecular weight excluding hydrogens is 1550 g/mol. The van der Waals surface area contributed by atoms with Gasteiger partial charge in [0, 0.05) is 37.7 Å². The highest BCUT2D eigenvalue weighted by molar-refractivity contribution is 7.98. The molecule has 14 amide bonds. The molecule has 0 radical (unpaired) electrons. The predicted molar refractivity (Wildman–Crippen MR) is 422 cm³/mol. The Morgan fingerprint density at radius 3 is 1.37 bits per heavy atom. The minimum absolute atomic E-state index is 0.00289. The summed E-state index contributed by atoms with van der Waals surface area (Å²) in [5.41, 5.74) is 16.9. The van der Waals surface area contributed by atoms with Gasteiger partial charge in [-0.05, 0) is 126 Å². The molecule has 0 fully saturated rings. The molecule has 115 heavy (non-hydrogen) atoms. The molecular formula is C71H116N20O22S2. The first-order valence-corrected chi connectivity index (χ1v) is 39.9. The number of carboxylic acid groups (broad SMARTS) is 2. The van der Waals surface area contributed by atoms with Crippen molar-refractivity contribution in [3.63, 3.8) is 0 Å². The van der Waals surface area contributed by atoms with Crippen LogP contribution in [-0.4, -0.2) is 282 Å². The van der Waals surface area contributed by atoms with Gasteiger partial charge in [0.25, 0.3) is 0 Å². The number of amides is 14. The summed E-state index contributed by atoms with van der Waals surface area (Å²) < 4.78 is 0. The van der Waals surface area contributed by atoms with Crippen molar-refractivity contribution < 1.29 is 107 Å². The van der Waals surface area contributed by atoms with Crippen LogP contribution in [-0.2, 0) is 89.6 Å². The third-order valence-electron chi connectivity index (χ3n) is 17.4. The maximum absolute atomic E-state index is 14.4. The molecule has 0 bridgehead atoms. The zero-order valence-corrected chi connectivity index (χ0v) is 68.1. The molecule has 0 aliphatic carbocycles. The number of carbonyl (C=O) groups excluding carboxylic acids is 14. The van der Waals surface area contributed by atoms with E-state index in [0.717, 1.165) is 20.8 Å². The van der Waals surface area contributed by atoms with E-state index in [9.17, 15) is 107 Å². The summed E-state index contributed by atoms with van der Waals surface area (Å²) in [6.07, 6.45) is -1.08. The molecule has 0 saturated carbocycles. The van der Waals surface area contributed by atoms with Crippen LogP contribution in [0.3, 0.4) is 0 Å². The topological polar surface area (TPSA) is 682 Å². The molecule has 1 aromatic carbocycles. The highest BCUT2D eigenvalue weighted by Crippen LogP contribution is 2.16. The second kappa shape index (κ2) is 51.4. The molecule has 0 unspecified atom stereocenters. The quantitative estimate of drug-likeness (QED) is 0.0166. The van der Waals surface area contributed by atoms with Crippen LogP contribution in [0.4, 0.5) is 0 Å². The van der Waals surface area contributed by atoms with Crippen LogP contribution in [0.25, 0.3) is 0 Å². The average molecular weight is 1670 g/mol. The molecule has 2 rings (SSSR count). The number of benzene rings is 1. The number of aromatic hydroxyl groups is 1. The summed E-state index contributed by atoms with van der Waals surface area (Å²) in [5, 5.41) is 96.3. The SMILES string of the molecule is CSCC[C@H](NC(=O)[C@H](C)NC(=O)[C@H](CCCN=C(N)N)NC(=O)CN)C(=O)N[C@@H](CC(C)C)C(=O)NCC(=O)N[C@H](C(=O)N[C@@H](Cc1cnc[nH]1)C(=O)N[C@H](C(=O)N[C@@H](CCSC)C(=O)N[C@@H](CCC(=O)O)C(=O)N[C@H](C(=O)N[C@H](C(=O)N[C@H](C(=O)N[C@@H](Cc1ccc(O)cc1)C(=O)O)C(C)C)[C@@H](C)O)C(C)C)[C@@H](C)O)[C@@H](C)O. The molecule has 0 spiro atoms. The van der Waals surface area contributed by atoms with Crippen LogP contribution in [0.5, 0.6) is 5.75 Å². The van der Waals surface area contributed by atoms with Crippen LogP contribution < -0.4 is 91.6 Å². The average Bonchev–Trinajstić information content (AvgIpc) is 1.42. The van der Waals surface area contributed by atoms with Gasteiger partial charge in [-0.25, -0.2) is 9.78 Å². The molecule has 0 saturated heterocycles. The van der Waals surface area contributed by atoms with Gasteiger partial charge >= 0.3 is 11.9 Å². The van der Waals surface area contributed by atoms with Gasteiger partial charge in [0.05, 0.1) is 37.7 Å². The first-order valence-electron chi connectivity index (χ1n) is 37.1. The molecule has 1 heterocycles. The van der Waals surface area contributed by atoms with Crippen LogP contribution in [0, 0.1) is 17.8 Å². The number of imidazole rings is 1. The molecule has 16 atom stereocenters. The minimum atomic E-state index is -1.94. The molecule has 0 aliphatic rings. The van der Waals surface area contributed by atoms with E-state index in [0.29, 0.717) is 11.3 Å². The van der Waals surface area contributed by atoms with Gasteiger partial charge in [-0.3, -0.25) is 76.9 Å². The number of aromatic amines is 1. The number of aliphatic carboxylic acids is 2. The van der Waals surface area contributed by atoms with Crippen molar-refractivity contribution in [3.8, 4) is 5.75 Å². The van der Waals surface area contributed by atoms with Crippen LogP contribution >= 0.6 is 23.5 Å².